The van der Waals surface area contributed by atoms with Crippen LogP contribution in [0.1, 0.15) is 28.8 Å². The number of likely N-dealkylation sites (tertiary alicyclic amines) is 1. The number of anilines is 1. The van der Waals surface area contributed by atoms with Gasteiger partial charge < -0.3 is 16.8 Å². The molecule has 8 heteroatoms. The quantitative estimate of drug-likeness (QED) is 0.514. The van der Waals surface area contributed by atoms with Gasteiger partial charge in [0, 0.05) is 21.7 Å². The molecule has 1 heterocycles. The zero-order valence-electron chi connectivity index (χ0n) is 16.6. The molecule has 160 valence electrons. The summed E-state index contributed by atoms with van der Waals surface area (Å²) >= 11 is 9.25. The minimum Gasteiger partial charge on any atom is -0.398 e. The van der Waals surface area contributed by atoms with Gasteiger partial charge in [-0.2, -0.15) is 0 Å². The molecular weight excluding hydrogens is 468 g/mol. The molecule has 1 aliphatic heterocycles. The zero-order chi connectivity index (χ0) is 21.7. The van der Waals surface area contributed by atoms with Crippen molar-refractivity contribution < 1.29 is 9.59 Å². The van der Waals surface area contributed by atoms with Crippen LogP contribution in [0.2, 0.25) is 5.02 Å². The van der Waals surface area contributed by atoms with Gasteiger partial charge >= 0.3 is 0 Å². The lowest BCUT2D eigenvalue weighted by atomic mass is 9.87. The third-order valence-electron chi connectivity index (χ3n) is 5.51. The van der Waals surface area contributed by atoms with Gasteiger partial charge in [-0.3, -0.25) is 14.5 Å². The number of hydrogen-bond donors (Lipinski definition) is 3. The average molecular weight is 494 g/mol. The first-order valence-corrected chi connectivity index (χ1v) is 11.1. The van der Waals surface area contributed by atoms with Crippen LogP contribution in [0.15, 0.2) is 46.9 Å². The second-order valence-electron chi connectivity index (χ2n) is 7.65. The molecule has 0 saturated carbocycles. The number of carbonyl (C=O) groups is 2. The van der Waals surface area contributed by atoms with Gasteiger partial charge in [0.1, 0.15) is 0 Å². The van der Waals surface area contributed by atoms with Crippen LogP contribution in [-0.4, -0.2) is 42.3 Å². The maximum atomic E-state index is 12.5. The van der Waals surface area contributed by atoms with Crippen LogP contribution in [0.25, 0.3) is 0 Å². The summed E-state index contributed by atoms with van der Waals surface area (Å²) < 4.78 is 0.746. The molecule has 2 aromatic carbocycles. The smallest absolute Gasteiger partial charge is 0.253 e. The number of hydrogen-bond acceptors (Lipinski definition) is 5. The number of benzene rings is 2. The van der Waals surface area contributed by atoms with E-state index < -0.39 is 6.04 Å². The molecule has 30 heavy (non-hydrogen) atoms. The van der Waals surface area contributed by atoms with Crippen molar-refractivity contribution >= 4 is 44.9 Å². The summed E-state index contributed by atoms with van der Waals surface area (Å²) in [6.45, 7) is 2.53. The number of Topliss-reactive ketones (excluding diaryl/α,β-unsaturated/α-hetero) is 1. The predicted molar refractivity (Wildman–Crippen MR) is 123 cm³/mol. The lowest BCUT2D eigenvalue weighted by Crippen LogP contribution is -2.47. The molecule has 1 aliphatic rings. The number of nitrogens with one attached hydrogen (secondary N) is 1. The third-order valence-corrected chi connectivity index (χ3v) is 6.26. The molecule has 3 rings (SSSR count). The Hall–Kier alpha value is -1.93. The van der Waals surface area contributed by atoms with Gasteiger partial charge in [0.05, 0.1) is 18.2 Å². The van der Waals surface area contributed by atoms with Crippen molar-refractivity contribution in [2.24, 2.45) is 11.7 Å². The molecule has 0 aliphatic carbocycles. The van der Waals surface area contributed by atoms with Crippen molar-refractivity contribution in [1.29, 1.82) is 0 Å². The Bertz CT molecular complexity index is 899. The van der Waals surface area contributed by atoms with E-state index in [9.17, 15) is 9.59 Å². The van der Waals surface area contributed by atoms with Gasteiger partial charge in [0.25, 0.3) is 5.91 Å². The first kappa shape index (κ1) is 22.7. The van der Waals surface area contributed by atoms with E-state index >= 15 is 0 Å². The van der Waals surface area contributed by atoms with E-state index in [-0.39, 0.29) is 24.2 Å². The SMILES string of the molecule is Nc1ccc(Br)cc1C(=O)NCC(=O)C(N)C1CCN(Cc2ccc(Cl)cc2)CC1. The number of halogens is 2. The summed E-state index contributed by atoms with van der Waals surface area (Å²) in [4.78, 5) is 27.2. The normalized spacial score (nSPS) is 16.2. The number of nitrogens with zero attached hydrogens (tertiary/aromatic N) is 1. The van der Waals surface area contributed by atoms with E-state index in [1.54, 1.807) is 18.2 Å². The minimum atomic E-state index is -0.581. The summed E-state index contributed by atoms with van der Waals surface area (Å²) in [5.74, 6) is -0.424. The Labute approximate surface area is 190 Å². The summed E-state index contributed by atoms with van der Waals surface area (Å²) in [6, 6.07) is 12.3. The molecule has 1 unspecified atom stereocenters. The molecule has 2 aromatic rings. The summed E-state index contributed by atoms with van der Waals surface area (Å²) in [7, 11) is 0. The maximum Gasteiger partial charge on any atom is 0.253 e. The standard InChI is InChI=1S/C22H26BrClN4O2/c23-16-3-6-19(25)18(11-16)22(30)27-12-20(29)21(26)15-7-9-28(10-8-15)13-14-1-4-17(24)5-2-14/h1-6,11,15,21H,7-10,12-13,25-26H2,(H,27,30). The Morgan fingerprint density at radius 1 is 1.17 bits per heavy atom. The molecule has 1 fully saturated rings. The van der Waals surface area contributed by atoms with Crippen molar-refractivity contribution in [3.8, 4) is 0 Å². The first-order chi connectivity index (χ1) is 14.3. The Kier molecular flexibility index (Phi) is 7.88. The largest absolute Gasteiger partial charge is 0.398 e. The topological polar surface area (TPSA) is 101 Å². The molecule has 1 atom stereocenters. The van der Waals surface area contributed by atoms with Crippen molar-refractivity contribution in [3.63, 3.8) is 0 Å². The number of rotatable bonds is 7. The number of ketones is 1. The lowest BCUT2D eigenvalue weighted by molar-refractivity contribution is -0.120. The second kappa shape index (κ2) is 10.4. The molecule has 0 aromatic heterocycles. The molecule has 1 saturated heterocycles. The van der Waals surface area contributed by atoms with Gasteiger partial charge in [-0.1, -0.05) is 39.7 Å². The number of nitrogens with two attached hydrogens (primary N) is 2. The molecule has 0 radical (unpaired) electrons. The summed E-state index contributed by atoms with van der Waals surface area (Å²) in [5.41, 5.74) is 14.0. The number of nitrogen functional groups attached to an aromatic ring is 1. The van der Waals surface area contributed by atoms with Crippen LogP contribution in [-0.2, 0) is 11.3 Å². The fourth-order valence-corrected chi connectivity index (χ4v) is 4.17. The van der Waals surface area contributed by atoms with E-state index in [0.29, 0.717) is 11.3 Å². The summed E-state index contributed by atoms with van der Waals surface area (Å²) in [6.07, 6.45) is 1.71. The minimum absolute atomic E-state index is 0.100. The number of piperidine rings is 1. The zero-order valence-corrected chi connectivity index (χ0v) is 19.0. The van der Waals surface area contributed by atoms with Gasteiger partial charge in [0.15, 0.2) is 5.78 Å². The van der Waals surface area contributed by atoms with Crippen LogP contribution in [0, 0.1) is 5.92 Å². The average Bonchev–Trinajstić information content (AvgIpc) is 2.75. The maximum absolute atomic E-state index is 12.5. The van der Waals surface area contributed by atoms with Crippen LogP contribution in [0.5, 0.6) is 0 Å². The van der Waals surface area contributed by atoms with E-state index in [2.05, 4.69) is 26.1 Å². The van der Waals surface area contributed by atoms with Crippen molar-refractivity contribution in [2.75, 3.05) is 25.4 Å². The van der Waals surface area contributed by atoms with Crippen molar-refractivity contribution in [1.82, 2.24) is 10.2 Å². The van der Waals surface area contributed by atoms with Crippen LogP contribution in [0.4, 0.5) is 5.69 Å². The lowest BCUT2D eigenvalue weighted by Gasteiger charge is -2.34. The Balaban J connectivity index is 1.45. The van der Waals surface area contributed by atoms with Gasteiger partial charge in [0.2, 0.25) is 0 Å². The van der Waals surface area contributed by atoms with Crippen molar-refractivity contribution in [2.45, 2.75) is 25.4 Å². The molecule has 0 spiro atoms. The molecule has 1 amide bonds. The predicted octanol–water partition coefficient (Wildman–Crippen LogP) is 3.22. The highest BCUT2D eigenvalue weighted by atomic mass is 79.9. The molecule has 5 N–H and O–H groups in total. The van der Waals surface area contributed by atoms with Crippen LogP contribution >= 0.6 is 27.5 Å². The van der Waals surface area contributed by atoms with E-state index in [1.807, 2.05) is 24.3 Å². The first-order valence-electron chi connectivity index (χ1n) is 9.92. The number of carbonyl (C=O) groups excluding carboxylic acids is 2. The highest BCUT2D eigenvalue weighted by Crippen LogP contribution is 2.22. The summed E-state index contributed by atoms with van der Waals surface area (Å²) in [5, 5.41) is 3.38. The Morgan fingerprint density at radius 3 is 2.50 bits per heavy atom. The van der Waals surface area contributed by atoms with E-state index in [0.717, 1.165) is 42.0 Å². The highest BCUT2D eigenvalue weighted by molar-refractivity contribution is 9.10. The van der Waals surface area contributed by atoms with Crippen molar-refractivity contribution in [3.05, 3.63) is 63.1 Å². The third kappa shape index (κ3) is 6.04. The van der Waals surface area contributed by atoms with Crippen LogP contribution in [0.3, 0.4) is 0 Å². The van der Waals surface area contributed by atoms with E-state index in [4.69, 9.17) is 23.1 Å². The molecule has 6 nitrogen and oxygen atoms in total. The highest BCUT2D eigenvalue weighted by Gasteiger charge is 2.28. The van der Waals surface area contributed by atoms with Gasteiger partial charge in [-0.25, -0.2) is 0 Å². The second-order valence-corrected chi connectivity index (χ2v) is 9.00. The van der Waals surface area contributed by atoms with E-state index in [1.165, 1.54) is 5.56 Å². The number of amides is 1. The fourth-order valence-electron chi connectivity index (χ4n) is 3.69. The molecule has 0 bridgehead atoms. The monoisotopic (exact) mass is 492 g/mol. The Morgan fingerprint density at radius 2 is 1.83 bits per heavy atom. The molecular formula is C22H26BrClN4O2. The fraction of sp³-hybridized carbons (Fsp3) is 0.364. The van der Waals surface area contributed by atoms with Gasteiger partial charge in [-0.15, -0.1) is 0 Å². The van der Waals surface area contributed by atoms with Crippen LogP contribution < -0.4 is 16.8 Å². The van der Waals surface area contributed by atoms with Gasteiger partial charge in [-0.05, 0) is 67.7 Å².